The molecule has 1 aromatic rings. The van der Waals surface area contributed by atoms with Crippen LogP contribution in [0.1, 0.15) is 43.7 Å². The lowest BCUT2D eigenvalue weighted by Gasteiger charge is -2.22. The molecule has 0 saturated heterocycles. The zero-order chi connectivity index (χ0) is 12.4. The Morgan fingerprint density at radius 2 is 1.71 bits per heavy atom. The predicted octanol–water partition coefficient (Wildman–Crippen LogP) is 5.06. The summed E-state index contributed by atoms with van der Waals surface area (Å²) in [5, 5.41) is 3.67. The van der Waals surface area contributed by atoms with Gasteiger partial charge in [0.2, 0.25) is 0 Å². The molecular weight excluding hydrogens is 274 g/mol. The van der Waals surface area contributed by atoms with Crippen LogP contribution in [-0.4, -0.2) is 6.04 Å². The number of rotatable bonds is 3. The summed E-state index contributed by atoms with van der Waals surface area (Å²) in [6.07, 6.45) is 5.61. The molecule has 1 aliphatic carbocycles. The van der Waals surface area contributed by atoms with E-state index in [1.165, 1.54) is 47.0 Å². The van der Waals surface area contributed by atoms with Gasteiger partial charge in [-0.25, -0.2) is 0 Å². The number of halogens is 1. The minimum atomic E-state index is 0.595. The zero-order valence-corrected chi connectivity index (χ0v) is 12.6. The Morgan fingerprint density at radius 1 is 1.18 bits per heavy atom. The van der Waals surface area contributed by atoms with Gasteiger partial charge in [-0.3, -0.25) is 0 Å². The fourth-order valence-corrected chi connectivity index (χ4v) is 3.10. The highest BCUT2D eigenvalue weighted by atomic mass is 79.9. The van der Waals surface area contributed by atoms with Crippen LogP contribution in [0, 0.1) is 19.8 Å². The molecule has 0 aromatic heterocycles. The van der Waals surface area contributed by atoms with E-state index in [0.29, 0.717) is 6.04 Å². The number of aryl methyl sites for hydroxylation is 2. The van der Waals surface area contributed by atoms with Gasteiger partial charge in [-0.1, -0.05) is 28.8 Å². The third-order valence-corrected chi connectivity index (χ3v) is 5.19. The molecule has 0 radical (unpaired) electrons. The van der Waals surface area contributed by atoms with Crippen LogP contribution in [0.5, 0.6) is 0 Å². The number of hydrogen-bond donors (Lipinski definition) is 1. The molecule has 94 valence electrons. The third kappa shape index (κ3) is 3.04. The van der Waals surface area contributed by atoms with E-state index in [0.717, 1.165) is 5.92 Å². The van der Waals surface area contributed by atoms with Gasteiger partial charge in [0.25, 0.3) is 0 Å². The van der Waals surface area contributed by atoms with Crippen molar-refractivity contribution in [1.82, 2.24) is 0 Å². The normalized spacial score (nSPS) is 18.4. The van der Waals surface area contributed by atoms with Gasteiger partial charge in [0.1, 0.15) is 0 Å². The minimum absolute atomic E-state index is 0.595. The Kier molecular flexibility index (Phi) is 4.13. The van der Waals surface area contributed by atoms with E-state index in [2.05, 4.69) is 54.2 Å². The lowest BCUT2D eigenvalue weighted by atomic mass is 9.99. The maximum Gasteiger partial charge on any atom is 0.0348 e. The molecule has 1 unspecified atom stereocenters. The predicted molar refractivity (Wildman–Crippen MR) is 78.7 cm³/mol. The van der Waals surface area contributed by atoms with Gasteiger partial charge in [0.05, 0.1) is 0 Å². The van der Waals surface area contributed by atoms with Crippen LogP contribution >= 0.6 is 15.9 Å². The molecule has 2 heteroatoms. The average Bonchev–Trinajstić information content (AvgIpc) is 2.79. The van der Waals surface area contributed by atoms with Crippen molar-refractivity contribution in [3.05, 3.63) is 27.7 Å². The summed E-state index contributed by atoms with van der Waals surface area (Å²) < 4.78 is 1.23. The van der Waals surface area contributed by atoms with Gasteiger partial charge < -0.3 is 5.32 Å². The first kappa shape index (κ1) is 12.9. The van der Waals surface area contributed by atoms with Gasteiger partial charge in [-0.2, -0.15) is 0 Å². The van der Waals surface area contributed by atoms with E-state index in [-0.39, 0.29) is 0 Å². The first-order valence-electron chi connectivity index (χ1n) is 6.61. The van der Waals surface area contributed by atoms with E-state index in [1.807, 2.05) is 0 Å². The SMILES string of the molecule is Cc1cc(NC(C)C2CCCC2)cc(C)c1Br. The Balaban J connectivity index is 2.07. The summed E-state index contributed by atoms with van der Waals surface area (Å²) in [5.74, 6) is 0.860. The van der Waals surface area contributed by atoms with Crippen LogP contribution in [0.15, 0.2) is 16.6 Å². The van der Waals surface area contributed by atoms with Crippen LogP contribution in [0.4, 0.5) is 5.69 Å². The van der Waals surface area contributed by atoms with E-state index in [1.54, 1.807) is 0 Å². The molecule has 0 spiro atoms. The zero-order valence-electron chi connectivity index (χ0n) is 11.0. The Labute approximate surface area is 113 Å². The van der Waals surface area contributed by atoms with Gasteiger partial charge in [-0.15, -0.1) is 0 Å². The van der Waals surface area contributed by atoms with Crippen molar-refractivity contribution in [1.29, 1.82) is 0 Å². The van der Waals surface area contributed by atoms with Crippen LogP contribution in [0.2, 0.25) is 0 Å². The van der Waals surface area contributed by atoms with Crippen LogP contribution in [0.3, 0.4) is 0 Å². The van der Waals surface area contributed by atoms with Crippen LogP contribution in [-0.2, 0) is 0 Å². The smallest absolute Gasteiger partial charge is 0.0348 e. The number of nitrogens with one attached hydrogen (secondary N) is 1. The largest absolute Gasteiger partial charge is 0.382 e. The van der Waals surface area contributed by atoms with Gasteiger partial charge in [0, 0.05) is 16.2 Å². The van der Waals surface area contributed by atoms with Crippen molar-refractivity contribution in [3.8, 4) is 0 Å². The maximum atomic E-state index is 3.67. The Hall–Kier alpha value is -0.500. The molecule has 1 atom stereocenters. The molecule has 0 amide bonds. The van der Waals surface area contributed by atoms with E-state index >= 15 is 0 Å². The fourth-order valence-electron chi connectivity index (χ4n) is 2.87. The molecule has 1 saturated carbocycles. The minimum Gasteiger partial charge on any atom is -0.382 e. The highest BCUT2D eigenvalue weighted by Gasteiger charge is 2.21. The van der Waals surface area contributed by atoms with Gasteiger partial charge >= 0.3 is 0 Å². The summed E-state index contributed by atoms with van der Waals surface area (Å²) in [4.78, 5) is 0. The second-order valence-corrected chi connectivity index (χ2v) is 6.19. The molecule has 0 heterocycles. The fraction of sp³-hybridized carbons (Fsp3) is 0.600. The Bertz CT molecular complexity index is 371. The quantitative estimate of drug-likeness (QED) is 0.822. The van der Waals surface area contributed by atoms with E-state index in [4.69, 9.17) is 0 Å². The molecule has 0 bridgehead atoms. The summed E-state index contributed by atoms with van der Waals surface area (Å²) in [5.41, 5.74) is 3.89. The number of hydrogen-bond acceptors (Lipinski definition) is 1. The standard InChI is InChI=1S/C15H22BrN/c1-10-8-14(9-11(2)15(10)16)17-12(3)13-6-4-5-7-13/h8-9,12-13,17H,4-7H2,1-3H3. The molecule has 1 N–H and O–H groups in total. The summed E-state index contributed by atoms with van der Waals surface area (Å²) in [7, 11) is 0. The first-order chi connectivity index (χ1) is 8.08. The molecule has 1 aromatic carbocycles. The summed E-state index contributed by atoms with van der Waals surface area (Å²) in [6.45, 7) is 6.63. The van der Waals surface area contributed by atoms with Crippen LogP contribution < -0.4 is 5.32 Å². The Morgan fingerprint density at radius 3 is 2.24 bits per heavy atom. The topological polar surface area (TPSA) is 12.0 Å². The molecule has 1 nitrogen and oxygen atoms in total. The van der Waals surface area contributed by atoms with Crippen LogP contribution in [0.25, 0.3) is 0 Å². The average molecular weight is 296 g/mol. The highest BCUT2D eigenvalue weighted by molar-refractivity contribution is 9.10. The molecular formula is C15H22BrN. The van der Waals surface area contributed by atoms with Crippen molar-refractivity contribution in [3.63, 3.8) is 0 Å². The van der Waals surface area contributed by atoms with Crippen molar-refractivity contribution >= 4 is 21.6 Å². The molecule has 17 heavy (non-hydrogen) atoms. The molecule has 0 aliphatic heterocycles. The molecule has 1 aliphatic rings. The third-order valence-electron chi connectivity index (χ3n) is 3.94. The van der Waals surface area contributed by atoms with E-state index < -0.39 is 0 Å². The second kappa shape index (κ2) is 5.43. The monoisotopic (exact) mass is 295 g/mol. The second-order valence-electron chi connectivity index (χ2n) is 5.40. The lowest BCUT2D eigenvalue weighted by Crippen LogP contribution is -2.23. The number of benzene rings is 1. The van der Waals surface area contributed by atoms with Crippen molar-refractivity contribution in [2.24, 2.45) is 5.92 Å². The first-order valence-corrected chi connectivity index (χ1v) is 7.40. The highest BCUT2D eigenvalue weighted by Crippen LogP contribution is 2.30. The van der Waals surface area contributed by atoms with Gasteiger partial charge in [-0.05, 0) is 62.8 Å². The molecule has 1 fully saturated rings. The summed E-state index contributed by atoms with van der Waals surface area (Å²) in [6, 6.07) is 5.07. The van der Waals surface area contributed by atoms with Crippen molar-refractivity contribution < 1.29 is 0 Å². The van der Waals surface area contributed by atoms with Gasteiger partial charge in [0.15, 0.2) is 0 Å². The lowest BCUT2D eigenvalue weighted by molar-refractivity contribution is 0.482. The maximum absolute atomic E-state index is 3.67. The molecule has 2 rings (SSSR count). The van der Waals surface area contributed by atoms with Crippen molar-refractivity contribution in [2.45, 2.75) is 52.5 Å². The van der Waals surface area contributed by atoms with E-state index in [9.17, 15) is 0 Å². The summed E-state index contributed by atoms with van der Waals surface area (Å²) >= 11 is 3.62. The number of anilines is 1. The van der Waals surface area contributed by atoms with Crippen molar-refractivity contribution in [2.75, 3.05) is 5.32 Å².